The predicted molar refractivity (Wildman–Crippen MR) is 92.1 cm³/mol. The van der Waals surface area contributed by atoms with Crippen molar-refractivity contribution in [2.75, 3.05) is 18.0 Å². The highest BCUT2D eigenvalue weighted by molar-refractivity contribution is 5.94. The summed E-state index contributed by atoms with van der Waals surface area (Å²) in [6.45, 7) is 1.73. The molecule has 6 nitrogen and oxygen atoms in total. The second-order valence-electron chi connectivity index (χ2n) is 6.03. The summed E-state index contributed by atoms with van der Waals surface area (Å²) < 4.78 is 1.85. The first-order chi connectivity index (χ1) is 11.8. The van der Waals surface area contributed by atoms with Crippen LogP contribution in [0.2, 0.25) is 0 Å². The minimum Gasteiger partial charge on any atom is -0.354 e. The number of rotatable bonds is 3. The van der Waals surface area contributed by atoms with Gasteiger partial charge < -0.3 is 10.2 Å². The first-order valence-corrected chi connectivity index (χ1v) is 8.21. The molecule has 1 N–H and O–H groups in total. The molecule has 0 saturated carbocycles. The number of piperidine rings is 1. The lowest BCUT2D eigenvalue weighted by Gasteiger charge is -2.34. The van der Waals surface area contributed by atoms with Crippen molar-refractivity contribution in [2.24, 2.45) is 0 Å². The van der Waals surface area contributed by atoms with E-state index >= 15 is 0 Å². The molecule has 0 radical (unpaired) electrons. The molecule has 1 fully saturated rings. The third kappa shape index (κ3) is 2.82. The Balaban J connectivity index is 1.50. The molecule has 1 aliphatic rings. The number of hydrogen-bond acceptors (Lipinski definition) is 4. The summed E-state index contributed by atoms with van der Waals surface area (Å²) in [4.78, 5) is 18.9. The van der Waals surface area contributed by atoms with E-state index in [1.54, 1.807) is 12.4 Å². The molecule has 3 aromatic rings. The van der Waals surface area contributed by atoms with Gasteiger partial charge in [0.2, 0.25) is 0 Å². The first-order valence-electron chi connectivity index (χ1n) is 8.21. The van der Waals surface area contributed by atoms with E-state index in [2.05, 4.69) is 20.3 Å². The summed E-state index contributed by atoms with van der Waals surface area (Å²) in [5.74, 6) is 1.00. The zero-order chi connectivity index (χ0) is 16.4. The van der Waals surface area contributed by atoms with Crippen LogP contribution in [-0.2, 0) is 0 Å². The Morgan fingerprint density at radius 3 is 2.88 bits per heavy atom. The van der Waals surface area contributed by atoms with Crippen molar-refractivity contribution >= 4 is 17.4 Å². The lowest BCUT2D eigenvalue weighted by atomic mass is 10.0. The number of nitrogens with one attached hydrogen (secondary N) is 1. The molecule has 6 heteroatoms. The summed E-state index contributed by atoms with van der Waals surface area (Å²) in [7, 11) is 0. The van der Waals surface area contributed by atoms with Crippen molar-refractivity contribution in [1.82, 2.24) is 19.9 Å². The van der Waals surface area contributed by atoms with E-state index in [4.69, 9.17) is 0 Å². The minimum atomic E-state index is -0.0126. The highest BCUT2D eigenvalue weighted by Crippen LogP contribution is 2.20. The predicted octanol–water partition coefficient (Wildman–Crippen LogP) is 2.13. The number of fused-ring (bicyclic) bond motifs is 1. The lowest BCUT2D eigenvalue weighted by Crippen LogP contribution is -2.48. The van der Waals surface area contributed by atoms with E-state index in [-0.39, 0.29) is 11.9 Å². The molecule has 0 aliphatic carbocycles. The number of anilines is 1. The van der Waals surface area contributed by atoms with Crippen LogP contribution in [-0.4, -0.2) is 39.6 Å². The fourth-order valence-corrected chi connectivity index (χ4v) is 3.22. The maximum absolute atomic E-state index is 12.4. The Labute approximate surface area is 140 Å². The van der Waals surface area contributed by atoms with Crippen LogP contribution in [0.25, 0.3) is 5.65 Å². The second-order valence-corrected chi connectivity index (χ2v) is 6.03. The topological polar surface area (TPSA) is 62.5 Å². The number of nitrogens with zero attached hydrogens (tertiary/aromatic N) is 4. The van der Waals surface area contributed by atoms with Gasteiger partial charge in [0.15, 0.2) is 5.65 Å². The van der Waals surface area contributed by atoms with Crippen LogP contribution in [0.5, 0.6) is 0 Å². The first kappa shape index (κ1) is 14.7. The van der Waals surface area contributed by atoms with Gasteiger partial charge in [-0.1, -0.05) is 18.2 Å². The molecule has 1 amide bonds. The van der Waals surface area contributed by atoms with E-state index in [1.807, 2.05) is 47.0 Å². The molecule has 122 valence electrons. The number of amides is 1. The standard InChI is InChI=1S/C18H19N5O/c24-18(14-5-2-1-3-6-14)21-15-7-4-12-22(13-15)17-9-10-19-16-8-11-20-23(16)17/h1-3,5-6,8-11,15H,4,7,12-13H2,(H,21,24). The van der Waals surface area contributed by atoms with Gasteiger partial charge in [0.1, 0.15) is 5.82 Å². The Hall–Kier alpha value is -2.89. The molecule has 0 spiro atoms. The number of aromatic nitrogens is 3. The molecule has 1 aromatic carbocycles. The molecule has 1 unspecified atom stereocenters. The van der Waals surface area contributed by atoms with E-state index < -0.39 is 0 Å². The fourth-order valence-electron chi connectivity index (χ4n) is 3.22. The molecule has 24 heavy (non-hydrogen) atoms. The molecule has 1 aliphatic heterocycles. The Kier molecular flexibility index (Phi) is 3.86. The summed E-state index contributed by atoms with van der Waals surface area (Å²) >= 11 is 0. The van der Waals surface area contributed by atoms with Gasteiger partial charge in [-0.05, 0) is 31.0 Å². The molecular weight excluding hydrogens is 302 g/mol. The molecule has 3 heterocycles. The Morgan fingerprint density at radius 1 is 1.12 bits per heavy atom. The molecule has 2 aromatic heterocycles. The summed E-state index contributed by atoms with van der Waals surface area (Å²) in [5, 5.41) is 7.50. The van der Waals surface area contributed by atoms with Crippen LogP contribution in [0, 0.1) is 0 Å². The Morgan fingerprint density at radius 2 is 2.00 bits per heavy atom. The van der Waals surface area contributed by atoms with Gasteiger partial charge in [0.05, 0.1) is 6.20 Å². The van der Waals surface area contributed by atoms with Crippen LogP contribution >= 0.6 is 0 Å². The molecule has 1 saturated heterocycles. The largest absolute Gasteiger partial charge is 0.354 e. The maximum Gasteiger partial charge on any atom is 0.251 e. The van der Waals surface area contributed by atoms with Gasteiger partial charge in [-0.2, -0.15) is 9.61 Å². The van der Waals surface area contributed by atoms with Gasteiger partial charge >= 0.3 is 0 Å². The van der Waals surface area contributed by atoms with Gasteiger partial charge in [0, 0.05) is 37.0 Å². The van der Waals surface area contributed by atoms with Gasteiger partial charge in [-0.3, -0.25) is 4.79 Å². The highest BCUT2D eigenvalue weighted by Gasteiger charge is 2.23. The summed E-state index contributed by atoms with van der Waals surface area (Å²) in [6, 6.07) is 13.4. The number of benzene rings is 1. The molecule has 4 rings (SSSR count). The third-order valence-electron chi connectivity index (χ3n) is 4.39. The van der Waals surface area contributed by atoms with Gasteiger partial charge in [-0.25, -0.2) is 4.98 Å². The third-order valence-corrected chi connectivity index (χ3v) is 4.39. The average Bonchev–Trinajstić information content (AvgIpc) is 3.11. The van der Waals surface area contributed by atoms with Crippen molar-refractivity contribution in [1.29, 1.82) is 0 Å². The van der Waals surface area contributed by atoms with Crippen molar-refractivity contribution in [3.8, 4) is 0 Å². The van der Waals surface area contributed by atoms with Crippen LogP contribution in [0.15, 0.2) is 54.9 Å². The van der Waals surface area contributed by atoms with Gasteiger partial charge in [0.25, 0.3) is 5.91 Å². The van der Waals surface area contributed by atoms with Crippen molar-refractivity contribution in [3.63, 3.8) is 0 Å². The molecular formula is C18H19N5O. The normalized spacial score (nSPS) is 17.8. The SMILES string of the molecule is O=C(NC1CCCN(c2ccnc3ccnn23)C1)c1ccccc1. The van der Waals surface area contributed by atoms with Crippen LogP contribution in [0.3, 0.4) is 0 Å². The van der Waals surface area contributed by atoms with Crippen LogP contribution in [0.4, 0.5) is 5.82 Å². The maximum atomic E-state index is 12.4. The number of carbonyl (C=O) groups excluding carboxylic acids is 1. The van der Waals surface area contributed by atoms with Crippen LogP contribution in [0.1, 0.15) is 23.2 Å². The Bertz CT molecular complexity index is 845. The van der Waals surface area contributed by atoms with Gasteiger partial charge in [-0.15, -0.1) is 0 Å². The average molecular weight is 321 g/mol. The molecule has 0 bridgehead atoms. The van der Waals surface area contributed by atoms with E-state index in [0.717, 1.165) is 37.4 Å². The highest BCUT2D eigenvalue weighted by atomic mass is 16.1. The van der Waals surface area contributed by atoms with E-state index in [0.29, 0.717) is 5.56 Å². The number of hydrogen-bond donors (Lipinski definition) is 1. The lowest BCUT2D eigenvalue weighted by molar-refractivity contribution is 0.0933. The molecule has 1 atom stereocenters. The number of carbonyl (C=O) groups is 1. The monoisotopic (exact) mass is 321 g/mol. The van der Waals surface area contributed by atoms with E-state index in [1.165, 1.54) is 0 Å². The van der Waals surface area contributed by atoms with Crippen LogP contribution < -0.4 is 10.2 Å². The van der Waals surface area contributed by atoms with Crippen molar-refractivity contribution in [2.45, 2.75) is 18.9 Å². The zero-order valence-electron chi connectivity index (χ0n) is 13.3. The quantitative estimate of drug-likeness (QED) is 0.803. The summed E-state index contributed by atoms with van der Waals surface area (Å²) in [6.07, 6.45) is 5.58. The smallest absolute Gasteiger partial charge is 0.251 e. The minimum absolute atomic E-state index is 0.0126. The van der Waals surface area contributed by atoms with Crippen molar-refractivity contribution in [3.05, 3.63) is 60.4 Å². The second kappa shape index (κ2) is 6.31. The fraction of sp³-hybridized carbons (Fsp3) is 0.278. The summed E-state index contributed by atoms with van der Waals surface area (Å²) in [5.41, 5.74) is 1.54. The van der Waals surface area contributed by atoms with E-state index in [9.17, 15) is 4.79 Å². The van der Waals surface area contributed by atoms with Crippen molar-refractivity contribution < 1.29 is 4.79 Å². The zero-order valence-corrected chi connectivity index (χ0v) is 13.3.